The topological polar surface area (TPSA) is 15.3 Å². The summed E-state index contributed by atoms with van der Waals surface area (Å²) in [6.45, 7) is 6.23. The van der Waals surface area contributed by atoms with Crippen LogP contribution in [0.25, 0.3) is 0 Å². The quantitative estimate of drug-likeness (QED) is 0.782. The lowest BCUT2D eigenvalue weighted by Gasteiger charge is -2.35. The Morgan fingerprint density at radius 3 is 2.70 bits per heavy atom. The van der Waals surface area contributed by atoms with Crippen LogP contribution in [-0.2, 0) is 0 Å². The number of hydrogen-bond donors (Lipinski definition) is 1. The number of halogens is 2. The first-order valence-electron chi connectivity index (χ1n) is 7.62. The fourth-order valence-electron chi connectivity index (χ4n) is 2.89. The van der Waals surface area contributed by atoms with Crippen LogP contribution in [-0.4, -0.2) is 31.1 Å². The van der Waals surface area contributed by atoms with Gasteiger partial charge >= 0.3 is 0 Å². The van der Waals surface area contributed by atoms with Crippen molar-refractivity contribution in [3.8, 4) is 0 Å². The van der Waals surface area contributed by atoms with Gasteiger partial charge < -0.3 is 5.32 Å². The Morgan fingerprint density at radius 2 is 2.05 bits per heavy atom. The Hall–Kier alpha value is -0.450. The molecule has 1 aliphatic heterocycles. The van der Waals surface area contributed by atoms with Gasteiger partial charge in [-0.05, 0) is 18.6 Å². The van der Waals surface area contributed by atoms with Crippen molar-refractivity contribution in [2.75, 3.05) is 26.2 Å². The van der Waals surface area contributed by atoms with Crippen molar-refractivity contribution < 1.29 is 4.39 Å². The zero-order valence-electron chi connectivity index (χ0n) is 12.2. The van der Waals surface area contributed by atoms with E-state index in [4.69, 9.17) is 0 Å². The number of benzene rings is 1. The smallest absolute Gasteiger partial charge is 0.129 e. The average Bonchev–Trinajstić information content (AvgIpc) is 2.46. The molecule has 112 valence electrons. The van der Waals surface area contributed by atoms with Gasteiger partial charge in [0, 0.05) is 42.3 Å². The van der Waals surface area contributed by atoms with Gasteiger partial charge in [0.1, 0.15) is 5.82 Å². The predicted molar refractivity (Wildman–Crippen MR) is 85.4 cm³/mol. The molecule has 0 spiro atoms. The van der Waals surface area contributed by atoms with Crippen LogP contribution in [0.5, 0.6) is 0 Å². The highest BCUT2D eigenvalue weighted by molar-refractivity contribution is 9.10. The molecular formula is C16H24BrFN2. The maximum absolute atomic E-state index is 14.3. The second-order valence-corrected chi connectivity index (χ2v) is 6.38. The van der Waals surface area contributed by atoms with E-state index in [2.05, 4.69) is 33.1 Å². The highest BCUT2D eigenvalue weighted by Gasteiger charge is 2.24. The fourth-order valence-corrected chi connectivity index (χ4v) is 3.22. The molecule has 0 radical (unpaired) electrons. The summed E-state index contributed by atoms with van der Waals surface area (Å²) in [4.78, 5) is 2.43. The molecule has 1 aromatic carbocycles. The number of hydrogen-bond acceptors (Lipinski definition) is 2. The van der Waals surface area contributed by atoms with Gasteiger partial charge in [-0.1, -0.05) is 48.2 Å². The second-order valence-electron chi connectivity index (χ2n) is 5.46. The Labute approximate surface area is 129 Å². The summed E-state index contributed by atoms with van der Waals surface area (Å²) in [6.07, 6.45) is 4.64. The summed E-state index contributed by atoms with van der Waals surface area (Å²) in [5, 5.41) is 3.37. The van der Waals surface area contributed by atoms with E-state index < -0.39 is 0 Å². The molecule has 0 bridgehead atoms. The van der Waals surface area contributed by atoms with E-state index in [9.17, 15) is 4.39 Å². The summed E-state index contributed by atoms with van der Waals surface area (Å²) >= 11 is 3.34. The van der Waals surface area contributed by atoms with Crippen LogP contribution in [0.1, 0.15) is 44.2 Å². The first-order valence-corrected chi connectivity index (χ1v) is 8.41. The number of nitrogens with zero attached hydrogens (tertiary/aromatic N) is 1. The van der Waals surface area contributed by atoms with Crippen LogP contribution in [0.4, 0.5) is 4.39 Å². The summed E-state index contributed by atoms with van der Waals surface area (Å²) < 4.78 is 15.1. The fraction of sp³-hybridized carbons (Fsp3) is 0.625. The molecular weight excluding hydrogens is 319 g/mol. The van der Waals surface area contributed by atoms with Crippen LogP contribution in [0.3, 0.4) is 0 Å². The third-order valence-corrected chi connectivity index (χ3v) is 4.49. The van der Waals surface area contributed by atoms with E-state index in [0.29, 0.717) is 0 Å². The number of unbranched alkanes of at least 4 members (excludes halogenated alkanes) is 2. The minimum Gasteiger partial charge on any atom is -0.314 e. The zero-order chi connectivity index (χ0) is 14.4. The van der Waals surface area contributed by atoms with Gasteiger partial charge in [-0.3, -0.25) is 4.90 Å². The van der Waals surface area contributed by atoms with Gasteiger partial charge in [-0.2, -0.15) is 0 Å². The van der Waals surface area contributed by atoms with Crippen molar-refractivity contribution in [1.29, 1.82) is 0 Å². The molecule has 1 N–H and O–H groups in total. The van der Waals surface area contributed by atoms with Crippen LogP contribution in [0.2, 0.25) is 0 Å². The number of rotatable bonds is 6. The molecule has 4 heteroatoms. The lowest BCUT2D eigenvalue weighted by atomic mass is 9.97. The molecule has 1 saturated heterocycles. The third-order valence-electron chi connectivity index (χ3n) is 3.99. The van der Waals surface area contributed by atoms with E-state index in [1.165, 1.54) is 19.3 Å². The van der Waals surface area contributed by atoms with E-state index in [0.717, 1.165) is 42.6 Å². The monoisotopic (exact) mass is 342 g/mol. The van der Waals surface area contributed by atoms with Crippen molar-refractivity contribution in [2.45, 2.75) is 38.6 Å². The maximum Gasteiger partial charge on any atom is 0.129 e. The molecule has 20 heavy (non-hydrogen) atoms. The summed E-state index contributed by atoms with van der Waals surface area (Å²) in [7, 11) is 0. The molecule has 2 nitrogen and oxygen atoms in total. The molecule has 0 amide bonds. The molecule has 0 aliphatic carbocycles. The molecule has 0 saturated carbocycles. The summed E-state index contributed by atoms with van der Waals surface area (Å²) in [5.41, 5.74) is 0.853. The van der Waals surface area contributed by atoms with Crippen LogP contribution >= 0.6 is 15.9 Å². The Kier molecular flexibility index (Phi) is 6.46. The van der Waals surface area contributed by atoms with Crippen molar-refractivity contribution >= 4 is 15.9 Å². The van der Waals surface area contributed by atoms with E-state index in [1.807, 2.05) is 12.1 Å². The van der Waals surface area contributed by atoms with Crippen LogP contribution in [0, 0.1) is 5.82 Å². The minimum absolute atomic E-state index is 0.0839. The molecule has 1 aliphatic rings. The predicted octanol–water partition coefficient (Wildman–Crippen LogP) is 4.11. The van der Waals surface area contributed by atoms with Crippen molar-refractivity contribution in [2.24, 2.45) is 0 Å². The van der Waals surface area contributed by atoms with Crippen molar-refractivity contribution in [1.82, 2.24) is 10.2 Å². The van der Waals surface area contributed by atoms with E-state index in [1.54, 1.807) is 6.07 Å². The molecule has 1 fully saturated rings. The summed E-state index contributed by atoms with van der Waals surface area (Å²) in [6, 6.07) is 5.70. The molecule has 0 aromatic heterocycles. The standard InChI is InChI=1S/C16H24BrFN2/c1-2-3-4-5-16(20-10-8-19-9-11-20)14-7-6-13(17)12-15(14)18/h6-7,12,16,19H,2-5,8-11H2,1H3/t16-/m1/s1. The molecule has 1 atom stereocenters. The van der Waals surface area contributed by atoms with Crippen LogP contribution < -0.4 is 5.32 Å². The second kappa shape index (κ2) is 8.11. The van der Waals surface area contributed by atoms with Gasteiger partial charge in [0.25, 0.3) is 0 Å². The lowest BCUT2D eigenvalue weighted by molar-refractivity contribution is 0.159. The van der Waals surface area contributed by atoms with Gasteiger partial charge in [-0.15, -0.1) is 0 Å². The first-order chi connectivity index (χ1) is 9.72. The van der Waals surface area contributed by atoms with Gasteiger partial charge in [0.15, 0.2) is 0 Å². The zero-order valence-corrected chi connectivity index (χ0v) is 13.8. The largest absolute Gasteiger partial charge is 0.314 e. The van der Waals surface area contributed by atoms with Crippen molar-refractivity contribution in [3.05, 3.63) is 34.1 Å². The maximum atomic E-state index is 14.3. The first kappa shape index (κ1) is 15.9. The Bertz CT molecular complexity index is 419. The Balaban J connectivity index is 2.15. The number of piperazine rings is 1. The number of nitrogens with one attached hydrogen (secondary N) is 1. The minimum atomic E-state index is -0.0839. The molecule has 1 heterocycles. The third kappa shape index (κ3) is 4.27. The SMILES string of the molecule is CCCCC[C@H](c1ccc(Br)cc1F)N1CCNCC1. The normalized spacial score (nSPS) is 18.1. The summed E-state index contributed by atoms with van der Waals surface area (Å²) in [5.74, 6) is -0.0839. The highest BCUT2D eigenvalue weighted by atomic mass is 79.9. The van der Waals surface area contributed by atoms with Crippen molar-refractivity contribution in [3.63, 3.8) is 0 Å². The van der Waals surface area contributed by atoms with Gasteiger partial charge in [0.05, 0.1) is 0 Å². The molecule has 2 rings (SSSR count). The van der Waals surface area contributed by atoms with E-state index >= 15 is 0 Å². The highest BCUT2D eigenvalue weighted by Crippen LogP contribution is 2.30. The van der Waals surface area contributed by atoms with Gasteiger partial charge in [-0.25, -0.2) is 4.39 Å². The average molecular weight is 343 g/mol. The Morgan fingerprint density at radius 1 is 1.30 bits per heavy atom. The molecule has 1 aromatic rings. The molecule has 0 unspecified atom stereocenters. The lowest BCUT2D eigenvalue weighted by Crippen LogP contribution is -2.45. The van der Waals surface area contributed by atoms with Gasteiger partial charge in [0.2, 0.25) is 0 Å². The van der Waals surface area contributed by atoms with Crippen LogP contribution in [0.15, 0.2) is 22.7 Å². The van der Waals surface area contributed by atoms with E-state index in [-0.39, 0.29) is 11.9 Å².